The molecule has 0 heterocycles. The molecule has 3 N–H and O–H groups in total. The van der Waals surface area contributed by atoms with Gasteiger partial charge in [0.25, 0.3) is 5.91 Å². The summed E-state index contributed by atoms with van der Waals surface area (Å²) in [4.78, 5) is 11.6. The van der Waals surface area contributed by atoms with Gasteiger partial charge in [-0.3, -0.25) is 4.79 Å². The van der Waals surface area contributed by atoms with Gasteiger partial charge in [0.15, 0.2) is 0 Å². The molecule has 0 spiro atoms. The van der Waals surface area contributed by atoms with Crippen LogP contribution in [-0.4, -0.2) is 12.5 Å². The number of hydrogen-bond donors (Lipinski definition) is 2. The number of nitrogens with two attached hydrogens (primary N) is 1. The lowest BCUT2D eigenvalue weighted by Crippen LogP contribution is -2.24. The van der Waals surface area contributed by atoms with E-state index in [-0.39, 0.29) is 5.91 Å². The molecule has 0 aliphatic rings. The van der Waals surface area contributed by atoms with Gasteiger partial charge in [-0.1, -0.05) is 31.7 Å². The largest absolute Gasteiger partial charge is 0.398 e. The predicted octanol–water partition coefficient (Wildman–Crippen LogP) is 1.81. The number of para-hydroxylation sites is 1. The third-order valence-corrected chi connectivity index (χ3v) is 2.10. The fourth-order valence-electron chi connectivity index (χ4n) is 1.24. The lowest BCUT2D eigenvalue weighted by Gasteiger charge is -2.08. The number of nitrogens with one attached hydrogen (secondary N) is 1. The first-order valence-electron chi connectivity index (χ1n) is 4.98. The molecule has 1 aromatic carbocycles. The lowest BCUT2D eigenvalue weighted by molar-refractivity contribution is -0.115. The van der Waals surface area contributed by atoms with Crippen LogP contribution in [0.25, 0.3) is 5.57 Å². The molecule has 0 atom stereocenters. The van der Waals surface area contributed by atoms with Gasteiger partial charge in [-0.2, -0.15) is 0 Å². The number of nitrogen functional groups attached to an aromatic ring is 1. The second kappa shape index (κ2) is 5.20. The molecule has 3 heteroatoms. The summed E-state index contributed by atoms with van der Waals surface area (Å²) in [6, 6.07) is 7.22. The number of anilines is 1. The Kier molecular flexibility index (Phi) is 3.92. The summed E-state index contributed by atoms with van der Waals surface area (Å²) in [5.74, 6) is -0.158. The van der Waals surface area contributed by atoms with E-state index in [1.165, 1.54) is 0 Å². The van der Waals surface area contributed by atoms with Crippen molar-refractivity contribution in [3.8, 4) is 0 Å². The zero-order chi connectivity index (χ0) is 11.3. The molecule has 0 aromatic heterocycles. The van der Waals surface area contributed by atoms with Crippen molar-refractivity contribution in [3.63, 3.8) is 0 Å². The molecule has 1 aromatic rings. The molecule has 0 aliphatic heterocycles. The van der Waals surface area contributed by atoms with Crippen LogP contribution in [0.3, 0.4) is 0 Å². The van der Waals surface area contributed by atoms with E-state index in [0.717, 1.165) is 6.42 Å². The fourth-order valence-corrected chi connectivity index (χ4v) is 1.24. The van der Waals surface area contributed by atoms with Crippen molar-refractivity contribution < 1.29 is 4.79 Å². The van der Waals surface area contributed by atoms with Gasteiger partial charge in [-0.15, -0.1) is 0 Å². The number of hydrogen-bond acceptors (Lipinski definition) is 2. The zero-order valence-electron chi connectivity index (χ0n) is 8.92. The van der Waals surface area contributed by atoms with E-state index >= 15 is 0 Å². The maximum Gasteiger partial charge on any atom is 0.251 e. The van der Waals surface area contributed by atoms with Crippen LogP contribution in [0.5, 0.6) is 0 Å². The number of carbonyl (C=O) groups excluding carboxylic acids is 1. The minimum atomic E-state index is -0.158. The molecule has 1 rings (SSSR count). The Bertz CT molecular complexity index is 372. The summed E-state index contributed by atoms with van der Waals surface area (Å²) >= 11 is 0. The van der Waals surface area contributed by atoms with E-state index < -0.39 is 0 Å². The molecule has 3 nitrogen and oxygen atoms in total. The second-order valence-electron chi connectivity index (χ2n) is 3.32. The normalized spacial score (nSPS) is 9.67. The number of amides is 1. The van der Waals surface area contributed by atoms with Gasteiger partial charge in [0, 0.05) is 23.4 Å². The van der Waals surface area contributed by atoms with Crippen LogP contribution in [0.4, 0.5) is 5.69 Å². The summed E-state index contributed by atoms with van der Waals surface area (Å²) in [6.45, 7) is 6.40. The molecule has 0 bridgehead atoms. The van der Waals surface area contributed by atoms with Crippen molar-refractivity contribution in [2.45, 2.75) is 13.3 Å². The van der Waals surface area contributed by atoms with Crippen molar-refractivity contribution in [2.75, 3.05) is 12.3 Å². The predicted molar refractivity (Wildman–Crippen MR) is 63.2 cm³/mol. The molecule has 80 valence electrons. The topological polar surface area (TPSA) is 55.1 Å². The van der Waals surface area contributed by atoms with Crippen LogP contribution < -0.4 is 11.1 Å². The van der Waals surface area contributed by atoms with Gasteiger partial charge in [0.1, 0.15) is 0 Å². The van der Waals surface area contributed by atoms with Crippen molar-refractivity contribution in [1.82, 2.24) is 5.32 Å². The Hall–Kier alpha value is -1.77. The summed E-state index contributed by atoms with van der Waals surface area (Å²) in [7, 11) is 0. The third kappa shape index (κ3) is 2.84. The van der Waals surface area contributed by atoms with E-state index in [0.29, 0.717) is 23.4 Å². The molecule has 1 amide bonds. The molecular weight excluding hydrogens is 188 g/mol. The molecule has 15 heavy (non-hydrogen) atoms. The SMILES string of the molecule is C=C(C(=O)NCCC)c1ccccc1N. The fraction of sp³-hybridized carbons (Fsp3) is 0.250. The van der Waals surface area contributed by atoms with Gasteiger partial charge in [0.05, 0.1) is 0 Å². The first-order chi connectivity index (χ1) is 7.16. The quantitative estimate of drug-likeness (QED) is 0.580. The Balaban J connectivity index is 2.77. The first-order valence-corrected chi connectivity index (χ1v) is 4.98. The highest BCUT2D eigenvalue weighted by atomic mass is 16.1. The molecule has 0 unspecified atom stereocenters. The van der Waals surface area contributed by atoms with E-state index in [2.05, 4.69) is 11.9 Å². The minimum Gasteiger partial charge on any atom is -0.398 e. The van der Waals surface area contributed by atoms with E-state index in [9.17, 15) is 4.79 Å². The third-order valence-electron chi connectivity index (χ3n) is 2.10. The standard InChI is InChI=1S/C12H16N2O/c1-3-8-14-12(15)9(2)10-6-4-5-7-11(10)13/h4-7H,2-3,8,13H2,1H3,(H,14,15). The second-order valence-corrected chi connectivity index (χ2v) is 3.32. The van der Waals surface area contributed by atoms with Crippen molar-refractivity contribution >= 4 is 17.2 Å². The van der Waals surface area contributed by atoms with Gasteiger partial charge in [0.2, 0.25) is 0 Å². The van der Waals surface area contributed by atoms with E-state index in [1.807, 2.05) is 19.1 Å². The molecule has 0 saturated carbocycles. The van der Waals surface area contributed by atoms with Crippen LogP contribution in [0.15, 0.2) is 30.8 Å². The van der Waals surface area contributed by atoms with Crippen LogP contribution in [0.2, 0.25) is 0 Å². The monoisotopic (exact) mass is 204 g/mol. The molecule has 0 aliphatic carbocycles. The maximum atomic E-state index is 11.6. The Labute approximate surface area is 90.0 Å². The molecule has 0 radical (unpaired) electrons. The number of rotatable bonds is 4. The van der Waals surface area contributed by atoms with Gasteiger partial charge in [-0.25, -0.2) is 0 Å². The van der Waals surface area contributed by atoms with Crippen molar-refractivity contribution in [3.05, 3.63) is 36.4 Å². The highest BCUT2D eigenvalue weighted by Crippen LogP contribution is 2.19. The van der Waals surface area contributed by atoms with E-state index in [4.69, 9.17) is 5.73 Å². The highest BCUT2D eigenvalue weighted by molar-refractivity contribution is 6.20. The molecule has 0 saturated heterocycles. The Morgan fingerprint density at radius 3 is 2.73 bits per heavy atom. The smallest absolute Gasteiger partial charge is 0.251 e. The van der Waals surface area contributed by atoms with Crippen molar-refractivity contribution in [1.29, 1.82) is 0 Å². The molecular formula is C12H16N2O. The van der Waals surface area contributed by atoms with Crippen LogP contribution >= 0.6 is 0 Å². The zero-order valence-corrected chi connectivity index (χ0v) is 8.92. The summed E-state index contributed by atoms with van der Waals surface area (Å²) in [5.41, 5.74) is 7.44. The van der Waals surface area contributed by atoms with Crippen LogP contribution in [0, 0.1) is 0 Å². The van der Waals surface area contributed by atoms with Gasteiger partial charge < -0.3 is 11.1 Å². The highest BCUT2D eigenvalue weighted by Gasteiger charge is 2.10. The summed E-state index contributed by atoms with van der Waals surface area (Å²) in [5, 5.41) is 2.76. The minimum absolute atomic E-state index is 0.158. The summed E-state index contributed by atoms with van der Waals surface area (Å²) < 4.78 is 0. The Morgan fingerprint density at radius 2 is 2.13 bits per heavy atom. The van der Waals surface area contributed by atoms with Crippen LogP contribution in [-0.2, 0) is 4.79 Å². The first kappa shape index (κ1) is 11.3. The maximum absolute atomic E-state index is 11.6. The average Bonchev–Trinajstić information content (AvgIpc) is 2.25. The lowest BCUT2D eigenvalue weighted by atomic mass is 10.1. The van der Waals surface area contributed by atoms with Crippen LogP contribution in [0.1, 0.15) is 18.9 Å². The Morgan fingerprint density at radius 1 is 1.47 bits per heavy atom. The van der Waals surface area contributed by atoms with Crippen molar-refractivity contribution in [2.24, 2.45) is 0 Å². The average molecular weight is 204 g/mol. The molecule has 0 fully saturated rings. The van der Waals surface area contributed by atoms with E-state index in [1.54, 1.807) is 12.1 Å². The number of carbonyl (C=O) groups is 1. The summed E-state index contributed by atoms with van der Waals surface area (Å²) in [6.07, 6.45) is 0.906. The number of benzene rings is 1. The van der Waals surface area contributed by atoms with Gasteiger partial charge >= 0.3 is 0 Å². The van der Waals surface area contributed by atoms with Gasteiger partial charge in [-0.05, 0) is 12.5 Å².